The normalized spacial score (nSPS) is 10.5. The Bertz CT molecular complexity index is 246. The van der Waals surface area contributed by atoms with Crippen LogP contribution < -0.4 is 24.8 Å². The van der Waals surface area contributed by atoms with Crippen LogP contribution in [0.1, 0.15) is 6.42 Å². The first-order chi connectivity index (χ1) is 5.89. The molecule has 1 aromatic rings. The van der Waals surface area contributed by atoms with Crippen molar-refractivity contribution in [3.8, 4) is 0 Å². The molecule has 0 unspecified atom stereocenters. The van der Waals surface area contributed by atoms with Gasteiger partial charge in [-0.1, -0.05) is 18.2 Å². The molecule has 0 bridgehead atoms. The van der Waals surface area contributed by atoms with E-state index in [9.17, 15) is 0 Å². The summed E-state index contributed by atoms with van der Waals surface area (Å²) < 4.78 is 0. The van der Waals surface area contributed by atoms with Crippen LogP contribution in [0, 0.1) is 6.07 Å². The van der Waals surface area contributed by atoms with Crippen molar-refractivity contribution in [1.82, 2.24) is 0 Å². The van der Waals surface area contributed by atoms with Gasteiger partial charge in [0.1, 0.15) is 0 Å². The van der Waals surface area contributed by atoms with Crippen LogP contribution in [0.15, 0.2) is 53.5 Å². The summed E-state index contributed by atoms with van der Waals surface area (Å²) in [5.41, 5.74) is 0. The molecule has 78 valence electrons. The van der Waals surface area contributed by atoms with Crippen LogP contribution in [0.2, 0.25) is 0 Å². The van der Waals surface area contributed by atoms with Crippen molar-refractivity contribution in [3.05, 3.63) is 59.5 Å². The molecule has 0 nitrogen and oxygen atoms in total. The first-order valence-electron chi connectivity index (χ1n) is 3.83. The molecule has 0 spiro atoms. The zero-order valence-corrected chi connectivity index (χ0v) is 13.9. The molecule has 0 aliphatic heterocycles. The minimum Gasteiger partial charge on any atom is -1.00 e. The minimum absolute atomic E-state index is 0. The molecule has 0 amide bonds. The Labute approximate surface area is 128 Å². The molecule has 2 rings (SSSR count). The smallest absolute Gasteiger partial charge is 1.00 e. The second kappa shape index (κ2) is 14.4. The summed E-state index contributed by atoms with van der Waals surface area (Å²) in [5.74, 6) is 0. The van der Waals surface area contributed by atoms with Gasteiger partial charge in [-0.15, -0.1) is 0 Å². The van der Waals surface area contributed by atoms with Crippen molar-refractivity contribution < 1.29 is 50.7 Å². The van der Waals surface area contributed by atoms with Gasteiger partial charge in [0.2, 0.25) is 0 Å². The minimum atomic E-state index is 0. The number of benzene rings is 1. The summed E-state index contributed by atoms with van der Waals surface area (Å²) in [5, 5.41) is 0. The van der Waals surface area contributed by atoms with Crippen molar-refractivity contribution in [3.63, 3.8) is 0 Å². The quantitative estimate of drug-likeness (QED) is 0.242. The SMILES string of the molecule is [Cl-].[Cl-].[Hf+4].[S-]C1=CC=CC1.[c-]1ccccc1. The molecule has 4 heteroatoms. The van der Waals surface area contributed by atoms with E-state index in [1.807, 2.05) is 42.5 Å². The second-order valence-electron chi connectivity index (χ2n) is 2.34. The topological polar surface area (TPSA) is 0 Å². The number of hydrogen-bond acceptors (Lipinski definition) is 1. The van der Waals surface area contributed by atoms with E-state index in [4.69, 9.17) is 12.6 Å². The van der Waals surface area contributed by atoms with Gasteiger partial charge in [-0.2, -0.15) is 41.3 Å². The van der Waals surface area contributed by atoms with Crippen molar-refractivity contribution in [2.75, 3.05) is 0 Å². The standard InChI is InChI=1S/C6H5.C5H6S.2ClH.Hf/c1-2-4-6-5-3-1;6-5-3-1-2-4-5;;;/h1-5H;1-3,6H,4H2;2*1H;/q-1;;;;+4/p-3. The average molecular weight is 424 g/mol. The van der Waals surface area contributed by atoms with Gasteiger partial charge in [-0.3, -0.25) is 0 Å². The Kier molecular flexibility index (Phi) is 19.9. The molecule has 0 N–H and O–H groups in total. The third-order valence-electron chi connectivity index (χ3n) is 1.34. The van der Waals surface area contributed by atoms with Crippen LogP contribution in [0.3, 0.4) is 0 Å². The Morgan fingerprint density at radius 2 is 1.67 bits per heavy atom. The Balaban J connectivity index is -0.000000160. The van der Waals surface area contributed by atoms with Crippen molar-refractivity contribution in [1.29, 1.82) is 0 Å². The zero-order valence-electron chi connectivity index (χ0n) is 7.99. The summed E-state index contributed by atoms with van der Waals surface area (Å²) >= 11 is 4.80. The molecule has 0 saturated carbocycles. The fourth-order valence-corrected chi connectivity index (χ4v) is 0.944. The Hall–Kier alpha value is 0.370. The van der Waals surface area contributed by atoms with E-state index >= 15 is 0 Å². The molecule has 0 heterocycles. The van der Waals surface area contributed by atoms with E-state index in [1.165, 1.54) is 0 Å². The summed E-state index contributed by atoms with van der Waals surface area (Å²) in [6.45, 7) is 0. The summed E-state index contributed by atoms with van der Waals surface area (Å²) in [6, 6.07) is 12.5. The predicted octanol–water partition coefficient (Wildman–Crippen LogP) is -3.13. The Morgan fingerprint density at radius 3 is 1.80 bits per heavy atom. The maximum absolute atomic E-state index is 4.80. The molecule has 0 fully saturated rings. The molecular weight excluding hydrogens is 414 g/mol. The molecule has 0 atom stereocenters. The third-order valence-corrected chi connectivity index (χ3v) is 1.65. The monoisotopic (exact) mass is 424 g/mol. The Morgan fingerprint density at radius 1 is 1.07 bits per heavy atom. The average Bonchev–Trinajstić information content (AvgIpc) is 2.60. The van der Waals surface area contributed by atoms with E-state index in [0.717, 1.165) is 11.3 Å². The second-order valence-corrected chi connectivity index (χ2v) is 2.87. The molecule has 0 aromatic heterocycles. The fourth-order valence-electron chi connectivity index (χ4n) is 0.770. The number of halogens is 2. The van der Waals surface area contributed by atoms with Gasteiger partial charge in [-0.05, 0) is 6.42 Å². The van der Waals surface area contributed by atoms with Gasteiger partial charge in [0.15, 0.2) is 0 Å². The van der Waals surface area contributed by atoms with Crippen LogP contribution in [0.4, 0.5) is 0 Å². The van der Waals surface area contributed by atoms with E-state index in [1.54, 1.807) is 0 Å². The summed E-state index contributed by atoms with van der Waals surface area (Å²) in [4.78, 5) is 1.05. The van der Waals surface area contributed by atoms with E-state index in [-0.39, 0.29) is 50.7 Å². The molecule has 0 radical (unpaired) electrons. The molecule has 15 heavy (non-hydrogen) atoms. The van der Waals surface area contributed by atoms with Gasteiger partial charge in [-0.25, -0.2) is 0 Å². The van der Waals surface area contributed by atoms with Crippen LogP contribution in [-0.4, -0.2) is 0 Å². The van der Waals surface area contributed by atoms with E-state index in [2.05, 4.69) is 12.1 Å². The summed E-state index contributed by atoms with van der Waals surface area (Å²) in [7, 11) is 0. The molecule has 0 saturated heterocycles. The van der Waals surface area contributed by atoms with E-state index in [0.29, 0.717) is 0 Å². The first kappa shape index (κ1) is 20.7. The number of allylic oxidation sites excluding steroid dienone is 4. The summed E-state index contributed by atoms with van der Waals surface area (Å²) in [6.07, 6.45) is 6.98. The molecule has 1 aromatic carbocycles. The maximum atomic E-state index is 4.80. The first-order valence-corrected chi connectivity index (χ1v) is 4.24. The molecule has 1 aliphatic carbocycles. The molecule has 1 aliphatic rings. The zero-order chi connectivity index (χ0) is 8.65. The van der Waals surface area contributed by atoms with Gasteiger partial charge in [0.05, 0.1) is 0 Å². The van der Waals surface area contributed by atoms with Crippen LogP contribution in [-0.2, 0) is 38.5 Å². The number of hydrogen-bond donors (Lipinski definition) is 0. The molecular formula is C11H10Cl2HfS. The third kappa shape index (κ3) is 12.3. The fraction of sp³-hybridized carbons (Fsp3) is 0.0909. The van der Waals surface area contributed by atoms with Gasteiger partial charge in [0.25, 0.3) is 0 Å². The maximum Gasteiger partial charge on any atom is 4.00 e. The van der Waals surface area contributed by atoms with Crippen molar-refractivity contribution in [2.24, 2.45) is 0 Å². The van der Waals surface area contributed by atoms with Crippen molar-refractivity contribution >= 4 is 12.6 Å². The van der Waals surface area contributed by atoms with Gasteiger partial charge in [0, 0.05) is 0 Å². The van der Waals surface area contributed by atoms with Crippen molar-refractivity contribution in [2.45, 2.75) is 6.42 Å². The number of rotatable bonds is 0. The van der Waals surface area contributed by atoms with E-state index < -0.39 is 0 Å². The van der Waals surface area contributed by atoms with Gasteiger partial charge >= 0.3 is 25.8 Å². The van der Waals surface area contributed by atoms with Crippen LogP contribution >= 0.6 is 0 Å². The van der Waals surface area contributed by atoms with Crippen LogP contribution in [0.25, 0.3) is 0 Å². The predicted molar refractivity (Wildman–Crippen MR) is 54.5 cm³/mol. The largest absolute Gasteiger partial charge is 4.00 e. The van der Waals surface area contributed by atoms with Gasteiger partial charge < -0.3 is 37.4 Å². The van der Waals surface area contributed by atoms with Crippen LogP contribution in [0.5, 0.6) is 0 Å².